The summed E-state index contributed by atoms with van der Waals surface area (Å²) in [5.41, 5.74) is 1.92. The SMILES string of the molecule is CC(=O)Nc1ccc(F)c(NCC(=O)Nc2cccc(Cl)c2C)c1. The van der Waals surface area contributed by atoms with E-state index in [1.54, 1.807) is 25.1 Å². The molecule has 126 valence electrons. The smallest absolute Gasteiger partial charge is 0.243 e. The molecule has 0 spiro atoms. The number of benzene rings is 2. The maximum absolute atomic E-state index is 13.8. The molecule has 3 N–H and O–H groups in total. The van der Waals surface area contributed by atoms with Gasteiger partial charge in [-0.05, 0) is 42.8 Å². The van der Waals surface area contributed by atoms with Gasteiger partial charge in [0.05, 0.1) is 12.2 Å². The second-order valence-corrected chi connectivity index (χ2v) is 5.60. The number of amides is 2. The number of hydrogen-bond donors (Lipinski definition) is 3. The average Bonchev–Trinajstić information content (AvgIpc) is 2.52. The number of hydrogen-bond acceptors (Lipinski definition) is 3. The first kappa shape index (κ1) is 17.7. The molecule has 0 heterocycles. The molecule has 0 atom stereocenters. The maximum Gasteiger partial charge on any atom is 0.243 e. The van der Waals surface area contributed by atoms with Crippen molar-refractivity contribution in [1.29, 1.82) is 0 Å². The molecule has 0 aliphatic rings. The molecule has 0 fully saturated rings. The van der Waals surface area contributed by atoms with Crippen LogP contribution in [-0.4, -0.2) is 18.4 Å². The number of carbonyl (C=O) groups excluding carboxylic acids is 2. The molecule has 0 saturated heterocycles. The van der Waals surface area contributed by atoms with Crippen LogP contribution in [0.15, 0.2) is 36.4 Å². The minimum Gasteiger partial charge on any atom is -0.374 e. The standard InChI is InChI=1S/C17H17ClFN3O2/c1-10-13(18)4-3-5-15(10)22-17(24)9-20-16-8-12(21-11(2)23)6-7-14(16)19/h3-8,20H,9H2,1-2H3,(H,21,23)(H,22,24). The number of rotatable bonds is 5. The Morgan fingerprint density at radius 2 is 1.88 bits per heavy atom. The predicted octanol–water partition coefficient (Wildman–Crippen LogP) is 3.80. The Labute approximate surface area is 144 Å². The Bertz CT molecular complexity index is 780. The summed E-state index contributed by atoms with van der Waals surface area (Å²) >= 11 is 6.00. The van der Waals surface area contributed by atoms with Gasteiger partial charge in [0, 0.05) is 23.3 Å². The third-order valence-electron chi connectivity index (χ3n) is 3.27. The monoisotopic (exact) mass is 349 g/mol. The highest BCUT2D eigenvalue weighted by Crippen LogP contribution is 2.23. The summed E-state index contributed by atoms with van der Waals surface area (Å²) in [6.07, 6.45) is 0. The average molecular weight is 350 g/mol. The first-order valence-corrected chi connectivity index (χ1v) is 7.60. The highest BCUT2D eigenvalue weighted by molar-refractivity contribution is 6.31. The van der Waals surface area contributed by atoms with Gasteiger partial charge in [-0.25, -0.2) is 4.39 Å². The second-order valence-electron chi connectivity index (χ2n) is 5.19. The van der Waals surface area contributed by atoms with E-state index in [0.717, 1.165) is 5.56 Å². The van der Waals surface area contributed by atoms with Gasteiger partial charge in [-0.2, -0.15) is 0 Å². The Hall–Kier alpha value is -2.60. The summed E-state index contributed by atoms with van der Waals surface area (Å²) in [5.74, 6) is -1.12. The molecule has 24 heavy (non-hydrogen) atoms. The molecule has 0 unspecified atom stereocenters. The van der Waals surface area contributed by atoms with Gasteiger partial charge in [0.1, 0.15) is 5.82 Å². The number of nitrogens with one attached hydrogen (secondary N) is 3. The van der Waals surface area contributed by atoms with Crippen molar-refractivity contribution < 1.29 is 14.0 Å². The van der Waals surface area contributed by atoms with E-state index in [9.17, 15) is 14.0 Å². The lowest BCUT2D eigenvalue weighted by atomic mass is 10.2. The van der Waals surface area contributed by atoms with Gasteiger partial charge in [-0.1, -0.05) is 17.7 Å². The first-order valence-electron chi connectivity index (χ1n) is 7.23. The van der Waals surface area contributed by atoms with Crippen molar-refractivity contribution in [1.82, 2.24) is 0 Å². The third kappa shape index (κ3) is 4.70. The summed E-state index contributed by atoms with van der Waals surface area (Å²) in [4.78, 5) is 23.1. The van der Waals surface area contributed by atoms with E-state index in [4.69, 9.17) is 11.6 Å². The van der Waals surface area contributed by atoms with E-state index in [1.165, 1.54) is 25.1 Å². The van der Waals surface area contributed by atoms with Crippen LogP contribution in [0.1, 0.15) is 12.5 Å². The fourth-order valence-electron chi connectivity index (χ4n) is 2.05. The van der Waals surface area contributed by atoms with Gasteiger partial charge in [0.2, 0.25) is 11.8 Å². The van der Waals surface area contributed by atoms with Crippen LogP contribution in [0.2, 0.25) is 5.02 Å². The van der Waals surface area contributed by atoms with Crippen molar-refractivity contribution >= 4 is 40.5 Å². The normalized spacial score (nSPS) is 10.2. The fraction of sp³-hybridized carbons (Fsp3) is 0.176. The van der Waals surface area contributed by atoms with Gasteiger partial charge in [0.15, 0.2) is 0 Å². The highest BCUT2D eigenvalue weighted by Gasteiger charge is 2.09. The lowest BCUT2D eigenvalue weighted by Gasteiger charge is -2.12. The molecule has 2 aromatic carbocycles. The summed E-state index contributed by atoms with van der Waals surface area (Å²) in [5, 5.41) is 8.52. The zero-order valence-corrected chi connectivity index (χ0v) is 14.0. The molecule has 0 radical (unpaired) electrons. The van der Waals surface area contributed by atoms with Crippen molar-refractivity contribution in [3.63, 3.8) is 0 Å². The van der Waals surface area contributed by atoms with E-state index < -0.39 is 5.82 Å². The van der Waals surface area contributed by atoms with Crippen LogP contribution in [-0.2, 0) is 9.59 Å². The van der Waals surface area contributed by atoms with Crippen molar-refractivity contribution in [3.8, 4) is 0 Å². The van der Waals surface area contributed by atoms with E-state index in [-0.39, 0.29) is 24.0 Å². The Balaban J connectivity index is 2.01. The molecule has 0 bridgehead atoms. The molecule has 5 nitrogen and oxygen atoms in total. The van der Waals surface area contributed by atoms with Crippen LogP contribution >= 0.6 is 11.6 Å². The largest absolute Gasteiger partial charge is 0.374 e. The number of carbonyl (C=O) groups is 2. The zero-order valence-electron chi connectivity index (χ0n) is 13.2. The van der Waals surface area contributed by atoms with Crippen molar-refractivity contribution in [2.45, 2.75) is 13.8 Å². The van der Waals surface area contributed by atoms with Crippen LogP contribution in [0.3, 0.4) is 0 Å². The highest BCUT2D eigenvalue weighted by atomic mass is 35.5. The minimum atomic E-state index is -0.518. The van der Waals surface area contributed by atoms with Gasteiger partial charge < -0.3 is 16.0 Å². The fourth-order valence-corrected chi connectivity index (χ4v) is 2.23. The van der Waals surface area contributed by atoms with Crippen molar-refractivity contribution in [3.05, 3.63) is 52.8 Å². The maximum atomic E-state index is 13.8. The summed E-state index contributed by atoms with van der Waals surface area (Å²) in [6, 6.07) is 9.28. The van der Waals surface area contributed by atoms with E-state index >= 15 is 0 Å². The molecule has 0 aliphatic heterocycles. The van der Waals surface area contributed by atoms with Crippen LogP contribution in [0.25, 0.3) is 0 Å². The lowest BCUT2D eigenvalue weighted by Crippen LogP contribution is -2.22. The topological polar surface area (TPSA) is 70.2 Å². The Kier molecular flexibility index (Phi) is 5.76. The molecule has 7 heteroatoms. The van der Waals surface area contributed by atoms with Gasteiger partial charge in [-0.3, -0.25) is 9.59 Å². The minimum absolute atomic E-state index is 0.124. The van der Waals surface area contributed by atoms with Gasteiger partial charge in [-0.15, -0.1) is 0 Å². The molecular formula is C17H17ClFN3O2. The summed E-state index contributed by atoms with van der Waals surface area (Å²) in [6.45, 7) is 3.02. The zero-order chi connectivity index (χ0) is 17.7. The molecule has 0 aliphatic carbocycles. The van der Waals surface area contributed by atoms with E-state index in [2.05, 4.69) is 16.0 Å². The Morgan fingerprint density at radius 3 is 2.58 bits per heavy atom. The van der Waals surface area contributed by atoms with Crippen LogP contribution in [0.5, 0.6) is 0 Å². The van der Waals surface area contributed by atoms with Crippen molar-refractivity contribution in [2.24, 2.45) is 0 Å². The number of halogens is 2. The predicted molar refractivity (Wildman–Crippen MR) is 94.0 cm³/mol. The molecule has 2 amide bonds. The molecule has 0 saturated carbocycles. The van der Waals surface area contributed by atoms with Crippen LogP contribution in [0.4, 0.5) is 21.5 Å². The van der Waals surface area contributed by atoms with Crippen LogP contribution < -0.4 is 16.0 Å². The second kappa shape index (κ2) is 7.79. The molecule has 2 aromatic rings. The summed E-state index contributed by atoms with van der Waals surface area (Å²) in [7, 11) is 0. The molecule has 2 rings (SSSR count). The first-order chi connectivity index (χ1) is 11.4. The quantitative estimate of drug-likeness (QED) is 0.769. The van der Waals surface area contributed by atoms with Gasteiger partial charge >= 0.3 is 0 Å². The van der Waals surface area contributed by atoms with E-state index in [0.29, 0.717) is 16.4 Å². The molecular weight excluding hydrogens is 333 g/mol. The van der Waals surface area contributed by atoms with Gasteiger partial charge in [0.25, 0.3) is 0 Å². The molecule has 0 aromatic heterocycles. The van der Waals surface area contributed by atoms with E-state index in [1.807, 2.05) is 0 Å². The van der Waals surface area contributed by atoms with Crippen LogP contribution in [0, 0.1) is 12.7 Å². The van der Waals surface area contributed by atoms with Crippen molar-refractivity contribution in [2.75, 3.05) is 22.5 Å². The third-order valence-corrected chi connectivity index (χ3v) is 3.68. The summed E-state index contributed by atoms with van der Waals surface area (Å²) < 4.78 is 13.8. The number of anilines is 3. The Morgan fingerprint density at radius 1 is 1.12 bits per heavy atom. The lowest BCUT2D eigenvalue weighted by molar-refractivity contribution is -0.115.